The molecule has 0 unspecified atom stereocenters. The van der Waals surface area contributed by atoms with Gasteiger partial charge in [0.25, 0.3) is 0 Å². The highest BCUT2D eigenvalue weighted by molar-refractivity contribution is 6.32. The van der Waals surface area contributed by atoms with Crippen LogP contribution in [-0.4, -0.2) is 55.9 Å². The zero-order valence-corrected chi connectivity index (χ0v) is 13.3. The van der Waals surface area contributed by atoms with Gasteiger partial charge in [-0.05, 0) is 44.1 Å². The number of piperazine rings is 1. The van der Waals surface area contributed by atoms with Crippen LogP contribution in [0.25, 0.3) is 0 Å². The Bertz CT molecular complexity index is 488. The van der Waals surface area contributed by atoms with Gasteiger partial charge >= 0.3 is 6.36 Å². The average Bonchev–Trinajstić information content (AvgIpc) is 2.43. The fraction of sp³-hybridized carbons (Fsp3) is 0.600. The number of benzene rings is 1. The maximum atomic E-state index is 12.3. The Morgan fingerprint density at radius 2 is 1.86 bits per heavy atom. The molecule has 124 valence electrons. The number of hydrogen-bond donors (Lipinski definition) is 0. The molecule has 1 aromatic rings. The summed E-state index contributed by atoms with van der Waals surface area (Å²) in [5, 5.41) is -0.0276. The quantitative estimate of drug-likeness (QED) is 0.819. The summed E-state index contributed by atoms with van der Waals surface area (Å²) in [6, 6.07) is 4.57. The second-order valence-electron chi connectivity index (χ2n) is 5.56. The van der Waals surface area contributed by atoms with E-state index in [0.29, 0.717) is 6.42 Å². The van der Waals surface area contributed by atoms with Gasteiger partial charge in [-0.15, -0.1) is 13.2 Å². The predicted molar refractivity (Wildman–Crippen MR) is 80.4 cm³/mol. The Labute approximate surface area is 133 Å². The summed E-state index contributed by atoms with van der Waals surface area (Å²) in [6.07, 6.45) is -3.11. The number of rotatable bonds is 5. The lowest BCUT2D eigenvalue weighted by Crippen LogP contribution is -2.44. The first-order valence-corrected chi connectivity index (χ1v) is 7.66. The third-order valence-electron chi connectivity index (χ3n) is 3.76. The van der Waals surface area contributed by atoms with Crippen LogP contribution in [0.2, 0.25) is 5.02 Å². The van der Waals surface area contributed by atoms with E-state index in [0.717, 1.165) is 44.7 Å². The van der Waals surface area contributed by atoms with E-state index >= 15 is 0 Å². The molecule has 0 radical (unpaired) electrons. The van der Waals surface area contributed by atoms with Gasteiger partial charge in [0.1, 0.15) is 5.75 Å². The van der Waals surface area contributed by atoms with Gasteiger partial charge in [-0.3, -0.25) is 0 Å². The predicted octanol–water partition coefficient (Wildman–Crippen LogP) is 3.42. The third-order valence-corrected chi connectivity index (χ3v) is 4.07. The van der Waals surface area contributed by atoms with Crippen molar-refractivity contribution in [3.8, 4) is 5.75 Å². The normalized spacial score (nSPS) is 17.7. The largest absolute Gasteiger partial charge is 0.573 e. The van der Waals surface area contributed by atoms with Gasteiger partial charge in [0, 0.05) is 26.2 Å². The minimum absolute atomic E-state index is 0.0276. The van der Waals surface area contributed by atoms with Crippen molar-refractivity contribution in [2.45, 2.75) is 19.2 Å². The van der Waals surface area contributed by atoms with Crippen LogP contribution in [0.5, 0.6) is 5.75 Å². The van der Waals surface area contributed by atoms with Gasteiger partial charge in [0.05, 0.1) is 5.02 Å². The fourth-order valence-corrected chi connectivity index (χ4v) is 2.64. The molecule has 0 N–H and O–H groups in total. The number of alkyl halides is 3. The lowest BCUT2D eigenvalue weighted by molar-refractivity contribution is -0.274. The Morgan fingerprint density at radius 3 is 2.50 bits per heavy atom. The lowest BCUT2D eigenvalue weighted by atomic mass is 10.1. The summed E-state index contributed by atoms with van der Waals surface area (Å²) in [4.78, 5) is 4.67. The summed E-state index contributed by atoms with van der Waals surface area (Å²) < 4.78 is 40.8. The SMILES string of the molecule is CN1CCN(CCCc2ccc(Cl)c(OC(F)(F)F)c2)CC1. The monoisotopic (exact) mass is 336 g/mol. The molecule has 1 saturated heterocycles. The van der Waals surface area contributed by atoms with E-state index in [1.165, 1.54) is 12.1 Å². The van der Waals surface area contributed by atoms with Crippen LogP contribution in [0.3, 0.4) is 0 Å². The summed E-state index contributed by atoms with van der Waals surface area (Å²) in [5.74, 6) is -0.328. The molecule has 3 nitrogen and oxygen atoms in total. The molecule has 0 amide bonds. The zero-order valence-electron chi connectivity index (χ0n) is 12.5. The van der Waals surface area contributed by atoms with Crippen LogP contribution in [-0.2, 0) is 6.42 Å². The highest BCUT2D eigenvalue weighted by Crippen LogP contribution is 2.31. The van der Waals surface area contributed by atoms with Crippen molar-refractivity contribution in [3.05, 3.63) is 28.8 Å². The van der Waals surface area contributed by atoms with E-state index in [1.807, 2.05) is 0 Å². The minimum Gasteiger partial charge on any atom is -0.404 e. The summed E-state index contributed by atoms with van der Waals surface area (Å²) in [7, 11) is 2.10. The van der Waals surface area contributed by atoms with Crippen LogP contribution >= 0.6 is 11.6 Å². The van der Waals surface area contributed by atoms with Gasteiger partial charge in [-0.25, -0.2) is 0 Å². The van der Waals surface area contributed by atoms with Crippen molar-refractivity contribution < 1.29 is 17.9 Å². The van der Waals surface area contributed by atoms with Crippen LogP contribution in [0.1, 0.15) is 12.0 Å². The Kier molecular flexibility index (Phi) is 5.94. The van der Waals surface area contributed by atoms with E-state index in [-0.39, 0.29) is 10.8 Å². The van der Waals surface area contributed by atoms with E-state index in [9.17, 15) is 13.2 Å². The van der Waals surface area contributed by atoms with Crippen molar-refractivity contribution in [2.75, 3.05) is 39.8 Å². The van der Waals surface area contributed by atoms with E-state index in [4.69, 9.17) is 11.6 Å². The molecule has 0 aliphatic carbocycles. The Morgan fingerprint density at radius 1 is 1.18 bits per heavy atom. The van der Waals surface area contributed by atoms with Crippen LogP contribution in [0.4, 0.5) is 13.2 Å². The number of aryl methyl sites for hydroxylation is 1. The number of ether oxygens (including phenoxy) is 1. The lowest BCUT2D eigenvalue weighted by Gasteiger charge is -2.32. The standard InChI is InChI=1S/C15H20ClF3N2O/c1-20-7-9-21(10-8-20)6-2-3-12-4-5-13(16)14(11-12)22-15(17,18)19/h4-5,11H,2-3,6-10H2,1H3. The third kappa shape index (κ3) is 5.66. The van der Waals surface area contributed by atoms with E-state index < -0.39 is 6.36 Å². The number of nitrogens with zero attached hydrogens (tertiary/aromatic N) is 2. The van der Waals surface area contributed by atoms with Crippen LogP contribution in [0.15, 0.2) is 18.2 Å². The first kappa shape index (κ1) is 17.4. The van der Waals surface area contributed by atoms with Gasteiger partial charge in [0.2, 0.25) is 0 Å². The maximum Gasteiger partial charge on any atom is 0.573 e. The van der Waals surface area contributed by atoms with Crippen LogP contribution < -0.4 is 4.74 Å². The molecule has 22 heavy (non-hydrogen) atoms. The van der Waals surface area contributed by atoms with E-state index in [1.54, 1.807) is 6.07 Å². The highest BCUT2D eigenvalue weighted by atomic mass is 35.5. The molecule has 1 aliphatic heterocycles. The molecule has 0 bridgehead atoms. The number of likely N-dealkylation sites (N-methyl/N-ethyl adjacent to an activating group) is 1. The minimum atomic E-state index is -4.72. The Hall–Kier alpha value is -0.980. The molecule has 1 aromatic carbocycles. The summed E-state index contributed by atoms with van der Waals surface area (Å²) in [5.41, 5.74) is 0.803. The summed E-state index contributed by atoms with van der Waals surface area (Å²) >= 11 is 5.73. The molecule has 7 heteroatoms. The topological polar surface area (TPSA) is 15.7 Å². The molecule has 0 spiro atoms. The average molecular weight is 337 g/mol. The first-order chi connectivity index (χ1) is 10.3. The smallest absolute Gasteiger partial charge is 0.404 e. The van der Waals surface area contributed by atoms with Crippen molar-refractivity contribution in [1.82, 2.24) is 9.80 Å². The molecule has 1 heterocycles. The van der Waals surface area contributed by atoms with Gasteiger partial charge in [0.15, 0.2) is 0 Å². The second-order valence-corrected chi connectivity index (χ2v) is 5.97. The van der Waals surface area contributed by atoms with Gasteiger partial charge < -0.3 is 14.5 Å². The molecule has 0 atom stereocenters. The Balaban J connectivity index is 1.84. The van der Waals surface area contributed by atoms with Gasteiger partial charge in [-0.1, -0.05) is 17.7 Å². The number of halogens is 4. The molecule has 0 aromatic heterocycles. The molecular formula is C15H20ClF3N2O. The summed E-state index contributed by atoms with van der Waals surface area (Å²) in [6.45, 7) is 5.15. The second kappa shape index (κ2) is 7.53. The molecular weight excluding hydrogens is 317 g/mol. The fourth-order valence-electron chi connectivity index (χ4n) is 2.48. The highest BCUT2D eigenvalue weighted by Gasteiger charge is 2.32. The molecule has 2 rings (SSSR count). The zero-order chi connectivity index (χ0) is 16.2. The number of hydrogen-bond acceptors (Lipinski definition) is 3. The van der Waals surface area contributed by atoms with Crippen LogP contribution in [0, 0.1) is 0 Å². The van der Waals surface area contributed by atoms with Gasteiger partial charge in [-0.2, -0.15) is 0 Å². The first-order valence-electron chi connectivity index (χ1n) is 7.28. The van der Waals surface area contributed by atoms with E-state index in [2.05, 4.69) is 21.6 Å². The van der Waals surface area contributed by atoms with Crippen molar-refractivity contribution in [1.29, 1.82) is 0 Å². The van der Waals surface area contributed by atoms with Crippen molar-refractivity contribution in [3.63, 3.8) is 0 Å². The molecule has 1 aliphatic rings. The van der Waals surface area contributed by atoms with Crippen molar-refractivity contribution >= 4 is 11.6 Å². The van der Waals surface area contributed by atoms with Crippen molar-refractivity contribution in [2.24, 2.45) is 0 Å². The maximum absolute atomic E-state index is 12.3. The molecule has 1 fully saturated rings. The molecule has 0 saturated carbocycles.